The Morgan fingerprint density at radius 2 is 2.12 bits per heavy atom. The number of hydrogen-bond donors (Lipinski definition) is 1. The summed E-state index contributed by atoms with van der Waals surface area (Å²) in [4.78, 5) is 31.8. The smallest absolute Gasteiger partial charge is 0.164 e. The first kappa shape index (κ1) is 20.3. The molecule has 4 aromatic rings. The average Bonchev–Trinajstić information content (AvgIpc) is 3.46. The summed E-state index contributed by atoms with van der Waals surface area (Å²) in [5.41, 5.74) is 3.45. The van der Waals surface area contributed by atoms with E-state index in [1.54, 1.807) is 18.5 Å². The molecule has 5 rings (SSSR count). The molecule has 1 fully saturated rings. The maximum absolute atomic E-state index is 12.7. The number of rotatable bonds is 7. The van der Waals surface area contributed by atoms with Crippen LogP contribution in [0.5, 0.6) is 0 Å². The molecule has 8 heteroatoms. The minimum Gasteiger partial charge on any atom is -0.346 e. The van der Waals surface area contributed by atoms with E-state index in [0.29, 0.717) is 30.9 Å². The van der Waals surface area contributed by atoms with Crippen molar-refractivity contribution in [3.63, 3.8) is 0 Å². The third-order valence-electron chi connectivity index (χ3n) is 6.33. The van der Waals surface area contributed by atoms with Crippen molar-refractivity contribution in [3.05, 3.63) is 54.4 Å². The van der Waals surface area contributed by atoms with Crippen LogP contribution in [-0.2, 0) is 6.42 Å². The fourth-order valence-electron chi connectivity index (χ4n) is 4.72. The number of carbonyl (C=O) groups is 1. The number of hydrogen-bond acceptors (Lipinski definition) is 6. The van der Waals surface area contributed by atoms with Crippen molar-refractivity contribution < 1.29 is 4.79 Å². The summed E-state index contributed by atoms with van der Waals surface area (Å²) < 4.78 is 2.35. The molecule has 0 bridgehead atoms. The van der Waals surface area contributed by atoms with Crippen molar-refractivity contribution in [2.45, 2.75) is 38.1 Å². The molecular formula is C24H25N7O. The lowest BCUT2D eigenvalue weighted by Gasteiger charge is -2.33. The maximum Gasteiger partial charge on any atom is 0.164 e. The number of aromatic nitrogens is 5. The van der Waals surface area contributed by atoms with Crippen LogP contribution in [0, 0.1) is 11.3 Å². The van der Waals surface area contributed by atoms with Crippen molar-refractivity contribution in [3.8, 4) is 6.07 Å². The number of imidazole rings is 1. The molecule has 162 valence electrons. The SMILES string of the molecule is N#CCCN1CCC(n2c(CCC(=O)c3cccnc3)nc3cnc4[nH]ccc4c32)CC1. The Morgan fingerprint density at radius 1 is 1.25 bits per heavy atom. The molecule has 0 saturated carbocycles. The number of nitriles is 1. The van der Waals surface area contributed by atoms with Crippen molar-refractivity contribution >= 4 is 27.9 Å². The van der Waals surface area contributed by atoms with Gasteiger partial charge in [-0.05, 0) is 31.0 Å². The number of likely N-dealkylation sites (tertiary alicyclic amines) is 1. The predicted octanol–water partition coefficient (Wildman–Crippen LogP) is 3.67. The first-order valence-corrected chi connectivity index (χ1v) is 11.1. The van der Waals surface area contributed by atoms with Gasteiger partial charge in [-0.2, -0.15) is 5.26 Å². The number of piperidine rings is 1. The molecule has 0 amide bonds. The summed E-state index contributed by atoms with van der Waals surface area (Å²) in [6, 6.07) is 8.20. The fraction of sp³-hybridized carbons (Fsp3) is 0.375. The van der Waals surface area contributed by atoms with Crippen LogP contribution in [0.4, 0.5) is 0 Å². The van der Waals surface area contributed by atoms with Gasteiger partial charge in [-0.3, -0.25) is 9.78 Å². The van der Waals surface area contributed by atoms with E-state index in [9.17, 15) is 4.79 Å². The van der Waals surface area contributed by atoms with Crippen LogP contribution in [0.15, 0.2) is 43.0 Å². The summed E-state index contributed by atoms with van der Waals surface area (Å²) in [6.45, 7) is 2.75. The summed E-state index contributed by atoms with van der Waals surface area (Å²) in [6.07, 6.45) is 10.5. The van der Waals surface area contributed by atoms with E-state index in [4.69, 9.17) is 10.2 Å². The molecule has 5 heterocycles. The maximum atomic E-state index is 12.7. The van der Waals surface area contributed by atoms with Gasteiger partial charge < -0.3 is 14.5 Å². The van der Waals surface area contributed by atoms with E-state index >= 15 is 0 Å². The van der Waals surface area contributed by atoms with Gasteiger partial charge in [0.05, 0.1) is 17.8 Å². The zero-order chi connectivity index (χ0) is 21.9. The number of fused-ring (bicyclic) bond motifs is 3. The second-order valence-corrected chi connectivity index (χ2v) is 8.28. The summed E-state index contributed by atoms with van der Waals surface area (Å²) in [5.74, 6) is 1.01. The number of ketones is 1. The molecule has 4 aromatic heterocycles. The third-order valence-corrected chi connectivity index (χ3v) is 6.33. The van der Waals surface area contributed by atoms with Crippen molar-refractivity contribution in [2.24, 2.45) is 0 Å². The van der Waals surface area contributed by atoms with Gasteiger partial charge in [0.25, 0.3) is 0 Å². The molecule has 0 unspecified atom stereocenters. The van der Waals surface area contributed by atoms with Gasteiger partial charge in [0.1, 0.15) is 17.0 Å². The number of nitrogens with zero attached hydrogens (tertiary/aromatic N) is 6. The average molecular weight is 428 g/mol. The lowest BCUT2D eigenvalue weighted by molar-refractivity contribution is 0.0981. The summed E-state index contributed by atoms with van der Waals surface area (Å²) >= 11 is 0. The Balaban J connectivity index is 1.46. The molecule has 0 spiro atoms. The number of aromatic amines is 1. The summed E-state index contributed by atoms with van der Waals surface area (Å²) in [5, 5.41) is 9.95. The first-order chi connectivity index (χ1) is 15.7. The Hall–Kier alpha value is -3.57. The van der Waals surface area contributed by atoms with E-state index in [0.717, 1.165) is 60.4 Å². The summed E-state index contributed by atoms with van der Waals surface area (Å²) in [7, 11) is 0. The molecule has 8 nitrogen and oxygen atoms in total. The third kappa shape index (κ3) is 3.87. The fourth-order valence-corrected chi connectivity index (χ4v) is 4.72. The second kappa shape index (κ2) is 8.89. The van der Waals surface area contributed by atoms with E-state index in [1.165, 1.54) is 0 Å². The van der Waals surface area contributed by atoms with Gasteiger partial charge in [-0.25, -0.2) is 9.97 Å². The van der Waals surface area contributed by atoms with Crippen molar-refractivity contribution in [1.82, 2.24) is 29.4 Å². The minimum absolute atomic E-state index is 0.0768. The molecule has 1 aliphatic heterocycles. The van der Waals surface area contributed by atoms with Gasteiger partial charge in [0.2, 0.25) is 0 Å². The highest BCUT2D eigenvalue weighted by atomic mass is 16.1. The molecule has 1 N–H and O–H groups in total. The van der Waals surface area contributed by atoms with Crippen LogP contribution in [0.25, 0.3) is 22.1 Å². The van der Waals surface area contributed by atoms with Crippen LogP contribution in [0.3, 0.4) is 0 Å². The normalized spacial score (nSPS) is 15.3. The van der Waals surface area contributed by atoms with E-state index in [1.807, 2.05) is 18.5 Å². The van der Waals surface area contributed by atoms with Gasteiger partial charge >= 0.3 is 0 Å². The van der Waals surface area contributed by atoms with Crippen molar-refractivity contribution in [2.75, 3.05) is 19.6 Å². The quantitative estimate of drug-likeness (QED) is 0.451. The zero-order valence-corrected chi connectivity index (χ0v) is 17.9. The van der Waals surface area contributed by atoms with Crippen LogP contribution >= 0.6 is 0 Å². The standard InChI is InChI=1S/C24H25N7O/c25-9-2-12-30-13-7-18(8-14-30)31-22(5-4-21(32)17-3-1-10-26-15-17)29-20-16-28-24-19(23(20)31)6-11-27-24/h1,3,6,10-11,15-16,18H,2,4-5,7-8,12-14H2,(H,27,28). The number of carbonyl (C=O) groups excluding carboxylic acids is 1. The van der Waals surface area contributed by atoms with Crippen molar-refractivity contribution in [1.29, 1.82) is 5.26 Å². The van der Waals surface area contributed by atoms with E-state index in [2.05, 4.69) is 36.6 Å². The molecule has 1 aliphatic rings. The Labute approximate surface area is 185 Å². The highest BCUT2D eigenvalue weighted by Crippen LogP contribution is 2.32. The molecule has 32 heavy (non-hydrogen) atoms. The lowest BCUT2D eigenvalue weighted by atomic mass is 10.0. The molecule has 1 saturated heterocycles. The van der Waals surface area contributed by atoms with Crippen LogP contribution in [0.2, 0.25) is 0 Å². The Morgan fingerprint density at radius 3 is 2.91 bits per heavy atom. The van der Waals surface area contributed by atoms with Gasteiger partial charge in [0, 0.05) is 74.5 Å². The molecule has 0 aromatic carbocycles. The number of H-pyrrole nitrogens is 1. The van der Waals surface area contributed by atoms with Crippen LogP contribution in [0.1, 0.15) is 47.9 Å². The van der Waals surface area contributed by atoms with E-state index < -0.39 is 0 Å². The molecule has 0 radical (unpaired) electrons. The Kier molecular flexibility index (Phi) is 5.65. The number of aryl methyl sites for hydroxylation is 1. The van der Waals surface area contributed by atoms with E-state index in [-0.39, 0.29) is 5.78 Å². The van der Waals surface area contributed by atoms with Gasteiger partial charge in [0.15, 0.2) is 5.78 Å². The highest BCUT2D eigenvalue weighted by Gasteiger charge is 2.26. The largest absolute Gasteiger partial charge is 0.346 e. The first-order valence-electron chi connectivity index (χ1n) is 11.1. The monoisotopic (exact) mass is 427 g/mol. The second-order valence-electron chi connectivity index (χ2n) is 8.28. The lowest BCUT2D eigenvalue weighted by Crippen LogP contribution is -2.35. The predicted molar refractivity (Wildman–Crippen MR) is 121 cm³/mol. The van der Waals surface area contributed by atoms with Crippen LogP contribution < -0.4 is 0 Å². The molecule has 0 aliphatic carbocycles. The highest BCUT2D eigenvalue weighted by molar-refractivity contribution is 6.01. The number of pyridine rings is 2. The van der Waals surface area contributed by atoms with Gasteiger partial charge in [-0.15, -0.1) is 0 Å². The zero-order valence-electron chi connectivity index (χ0n) is 17.9. The topological polar surface area (TPSA) is 103 Å². The van der Waals surface area contributed by atoms with Crippen LogP contribution in [-0.4, -0.2) is 54.8 Å². The molecule has 0 atom stereocenters. The Bertz CT molecular complexity index is 1280. The molecular weight excluding hydrogens is 402 g/mol. The minimum atomic E-state index is 0.0768. The van der Waals surface area contributed by atoms with Gasteiger partial charge in [-0.1, -0.05) is 0 Å². The number of Topliss-reactive ketones (excluding diaryl/α,β-unsaturated/α-hetero) is 1. The number of nitrogens with one attached hydrogen (secondary N) is 1.